The third-order valence-electron chi connectivity index (χ3n) is 12.8. The lowest BCUT2D eigenvalue weighted by Crippen LogP contribution is -2.45. The van der Waals surface area contributed by atoms with Gasteiger partial charge in [-0.3, -0.25) is 9.59 Å². The first-order chi connectivity index (χ1) is 32.0. The molecular weight excluding hydrogens is 803 g/mol. The van der Waals surface area contributed by atoms with Crippen LogP contribution in [0, 0.1) is 0 Å². The fourth-order valence-corrected chi connectivity index (χ4v) is 8.42. The molecule has 0 aromatic heterocycles. The van der Waals surface area contributed by atoms with E-state index in [0.717, 1.165) is 89.9 Å². The van der Waals surface area contributed by atoms with Crippen molar-refractivity contribution < 1.29 is 24.5 Å². The molecule has 0 aromatic rings. The van der Waals surface area contributed by atoms with Gasteiger partial charge in [0.25, 0.3) is 0 Å². The van der Waals surface area contributed by atoms with Crippen molar-refractivity contribution in [2.75, 3.05) is 13.2 Å². The van der Waals surface area contributed by atoms with Crippen LogP contribution in [-0.4, -0.2) is 47.4 Å². The van der Waals surface area contributed by atoms with Crippen LogP contribution < -0.4 is 5.32 Å². The minimum absolute atomic E-state index is 0.0371. The maximum atomic E-state index is 12.5. The lowest BCUT2D eigenvalue weighted by Gasteiger charge is -2.20. The van der Waals surface area contributed by atoms with Crippen molar-refractivity contribution in [3.05, 3.63) is 48.6 Å². The van der Waals surface area contributed by atoms with E-state index in [0.29, 0.717) is 19.4 Å². The Morgan fingerprint density at radius 1 is 0.431 bits per heavy atom. The minimum atomic E-state index is -0.864. The van der Waals surface area contributed by atoms with Gasteiger partial charge in [0.1, 0.15) is 0 Å². The molecule has 0 saturated carbocycles. The summed E-state index contributed by atoms with van der Waals surface area (Å²) in [7, 11) is 0. The predicted molar refractivity (Wildman–Crippen MR) is 282 cm³/mol. The van der Waals surface area contributed by atoms with E-state index in [-0.39, 0.29) is 18.5 Å². The summed E-state index contributed by atoms with van der Waals surface area (Å²) in [4.78, 5) is 24.5. The van der Waals surface area contributed by atoms with E-state index in [1.165, 1.54) is 173 Å². The molecule has 0 aromatic carbocycles. The molecule has 0 heterocycles. The zero-order valence-electron chi connectivity index (χ0n) is 43.2. The molecule has 0 spiro atoms. The molecule has 0 bridgehead atoms. The SMILES string of the molecule is CCCCC/C=C\C/C=C\CCCCCCCCCCCC(=O)OCCCC/C=C\CCCCCCCC(=O)NC(CO)C(O)/C=C/CCCCCCCCCCCCCCCCCC. The Bertz CT molecular complexity index is 1100. The van der Waals surface area contributed by atoms with E-state index in [2.05, 4.69) is 55.6 Å². The van der Waals surface area contributed by atoms with E-state index in [9.17, 15) is 19.8 Å². The molecule has 2 unspecified atom stereocenters. The summed E-state index contributed by atoms with van der Waals surface area (Å²) in [5, 5.41) is 23.1. The number of amides is 1. The lowest BCUT2D eigenvalue weighted by molar-refractivity contribution is -0.143. The Labute approximate surface area is 404 Å². The lowest BCUT2D eigenvalue weighted by atomic mass is 10.0. The van der Waals surface area contributed by atoms with E-state index in [1.54, 1.807) is 6.08 Å². The van der Waals surface area contributed by atoms with Crippen LogP contribution in [0.5, 0.6) is 0 Å². The zero-order chi connectivity index (χ0) is 47.2. The Morgan fingerprint density at radius 2 is 0.769 bits per heavy atom. The molecule has 65 heavy (non-hydrogen) atoms. The van der Waals surface area contributed by atoms with Crippen LogP contribution in [0.4, 0.5) is 0 Å². The Morgan fingerprint density at radius 3 is 1.22 bits per heavy atom. The highest BCUT2D eigenvalue weighted by Crippen LogP contribution is 2.16. The quantitative estimate of drug-likeness (QED) is 0.0321. The van der Waals surface area contributed by atoms with Gasteiger partial charge in [0.2, 0.25) is 5.91 Å². The topological polar surface area (TPSA) is 95.9 Å². The summed E-state index contributed by atoms with van der Waals surface area (Å²) in [6, 6.07) is -0.651. The van der Waals surface area contributed by atoms with E-state index >= 15 is 0 Å². The van der Waals surface area contributed by atoms with Crippen LogP contribution in [0.3, 0.4) is 0 Å². The second-order valence-electron chi connectivity index (χ2n) is 19.3. The first-order valence-electron chi connectivity index (χ1n) is 28.4. The van der Waals surface area contributed by atoms with Crippen LogP contribution >= 0.6 is 0 Å². The molecule has 0 rings (SSSR count). The van der Waals surface area contributed by atoms with Gasteiger partial charge in [-0.1, -0.05) is 236 Å². The third-order valence-corrected chi connectivity index (χ3v) is 12.8. The number of aliphatic hydroxyl groups is 2. The van der Waals surface area contributed by atoms with Gasteiger partial charge in [-0.05, 0) is 89.9 Å². The number of hydrogen-bond acceptors (Lipinski definition) is 5. The smallest absolute Gasteiger partial charge is 0.305 e. The number of hydrogen-bond donors (Lipinski definition) is 3. The highest BCUT2D eigenvalue weighted by atomic mass is 16.5. The molecular formula is C59H109NO5. The Balaban J connectivity index is 3.54. The maximum Gasteiger partial charge on any atom is 0.305 e. The van der Waals surface area contributed by atoms with Crippen LogP contribution in [-0.2, 0) is 14.3 Å². The van der Waals surface area contributed by atoms with Crippen LogP contribution in [0.2, 0.25) is 0 Å². The molecule has 0 radical (unpaired) electrons. The van der Waals surface area contributed by atoms with Gasteiger partial charge in [0.05, 0.1) is 25.4 Å². The molecule has 6 nitrogen and oxygen atoms in total. The molecule has 3 N–H and O–H groups in total. The van der Waals surface area contributed by atoms with Crippen LogP contribution in [0.15, 0.2) is 48.6 Å². The summed E-state index contributed by atoms with van der Waals surface area (Å²) in [5.41, 5.74) is 0. The number of allylic oxidation sites excluding steroid dienone is 7. The fraction of sp³-hybridized carbons (Fsp3) is 0.831. The monoisotopic (exact) mass is 912 g/mol. The summed E-state index contributed by atoms with van der Waals surface area (Å²) in [6.07, 6.45) is 68.4. The standard InChI is InChI=1S/C59H109NO5/c1-3-5-7-9-11-13-15-17-19-21-23-25-27-29-33-37-41-45-49-53-59(64)65-54-50-46-42-38-34-30-32-36-40-44-48-52-58(63)60-56(55-61)57(62)51-47-43-39-35-31-28-26-24-22-20-18-16-14-12-10-8-6-4-2/h11,13,17,19,34,38,47,51,56-57,61-62H,3-10,12,14-16,18,20-33,35-37,39-46,48-50,52-55H2,1-2H3,(H,60,63)/b13-11-,19-17-,38-34-,51-47+. The van der Waals surface area contributed by atoms with Gasteiger partial charge in [0.15, 0.2) is 0 Å². The molecule has 1 amide bonds. The summed E-state index contributed by atoms with van der Waals surface area (Å²) in [5.74, 6) is -0.134. The van der Waals surface area contributed by atoms with Crippen molar-refractivity contribution in [1.29, 1.82) is 0 Å². The van der Waals surface area contributed by atoms with Crippen molar-refractivity contribution in [2.45, 2.75) is 302 Å². The van der Waals surface area contributed by atoms with Crippen molar-refractivity contribution in [3.63, 3.8) is 0 Å². The van der Waals surface area contributed by atoms with Crippen molar-refractivity contribution in [3.8, 4) is 0 Å². The normalized spacial score (nSPS) is 13.0. The van der Waals surface area contributed by atoms with Gasteiger partial charge in [-0.15, -0.1) is 0 Å². The average Bonchev–Trinajstić information content (AvgIpc) is 3.31. The third kappa shape index (κ3) is 51.1. The number of unbranched alkanes of at least 4 members (excludes halogenated alkanes) is 35. The minimum Gasteiger partial charge on any atom is -0.466 e. The Hall–Kier alpha value is -2.18. The summed E-state index contributed by atoms with van der Waals surface area (Å²) in [6.45, 7) is 4.80. The number of rotatable bonds is 52. The van der Waals surface area contributed by atoms with E-state index in [4.69, 9.17) is 4.74 Å². The molecule has 0 aliphatic heterocycles. The highest BCUT2D eigenvalue weighted by Gasteiger charge is 2.18. The predicted octanol–water partition coefficient (Wildman–Crippen LogP) is 17.4. The van der Waals surface area contributed by atoms with Crippen LogP contribution in [0.25, 0.3) is 0 Å². The van der Waals surface area contributed by atoms with E-state index in [1.807, 2.05) is 6.08 Å². The number of nitrogens with one attached hydrogen (secondary N) is 1. The van der Waals surface area contributed by atoms with Gasteiger partial charge in [0, 0.05) is 12.8 Å². The first-order valence-corrected chi connectivity index (χ1v) is 28.4. The van der Waals surface area contributed by atoms with Gasteiger partial charge in [-0.2, -0.15) is 0 Å². The first kappa shape index (κ1) is 62.8. The summed E-state index contributed by atoms with van der Waals surface area (Å²) < 4.78 is 5.45. The number of aliphatic hydroxyl groups excluding tert-OH is 2. The molecule has 0 aliphatic carbocycles. The van der Waals surface area contributed by atoms with Crippen LogP contribution in [0.1, 0.15) is 290 Å². The molecule has 0 fully saturated rings. The molecule has 6 heteroatoms. The molecule has 0 saturated heterocycles. The van der Waals surface area contributed by atoms with Gasteiger partial charge >= 0.3 is 5.97 Å². The molecule has 2 atom stereocenters. The van der Waals surface area contributed by atoms with Crippen molar-refractivity contribution >= 4 is 11.9 Å². The van der Waals surface area contributed by atoms with Gasteiger partial charge < -0.3 is 20.3 Å². The number of carbonyl (C=O) groups is 2. The van der Waals surface area contributed by atoms with Gasteiger partial charge in [-0.25, -0.2) is 0 Å². The second-order valence-corrected chi connectivity index (χ2v) is 19.3. The van der Waals surface area contributed by atoms with Crippen molar-refractivity contribution in [1.82, 2.24) is 5.32 Å². The largest absolute Gasteiger partial charge is 0.466 e. The van der Waals surface area contributed by atoms with Crippen molar-refractivity contribution in [2.24, 2.45) is 0 Å². The maximum absolute atomic E-state index is 12.5. The average molecular weight is 913 g/mol. The molecule has 0 aliphatic rings. The summed E-state index contributed by atoms with van der Waals surface area (Å²) >= 11 is 0. The fourth-order valence-electron chi connectivity index (χ4n) is 8.42. The molecule has 380 valence electrons. The highest BCUT2D eigenvalue weighted by molar-refractivity contribution is 5.76. The second kappa shape index (κ2) is 54.4. The zero-order valence-corrected chi connectivity index (χ0v) is 43.2. The Kier molecular flexibility index (Phi) is 52.6. The number of esters is 1. The number of ether oxygens (including phenoxy) is 1. The van der Waals surface area contributed by atoms with E-state index < -0.39 is 12.1 Å². The number of carbonyl (C=O) groups excluding carboxylic acids is 2.